The second kappa shape index (κ2) is 14.4. The van der Waals surface area contributed by atoms with E-state index in [1.165, 1.54) is 11.8 Å². The number of hydrogen-bond donors (Lipinski definition) is 1. The summed E-state index contributed by atoms with van der Waals surface area (Å²) in [6, 6.07) is 18.3. The summed E-state index contributed by atoms with van der Waals surface area (Å²) in [4.78, 5) is 11.2. The third-order valence-corrected chi connectivity index (χ3v) is 8.17. The van der Waals surface area contributed by atoms with Crippen molar-refractivity contribution in [2.75, 3.05) is 18.6 Å². The van der Waals surface area contributed by atoms with Crippen molar-refractivity contribution in [2.45, 2.75) is 65.4 Å². The van der Waals surface area contributed by atoms with E-state index >= 15 is 0 Å². The van der Waals surface area contributed by atoms with Crippen molar-refractivity contribution in [3.8, 4) is 22.6 Å². The first kappa shape index (κ1) is 31.9. The summed E-state index contributed by atoms with van der Waals surface area (Å²) in [6.07, 6.45) is 4.48. The fourth-order valence-electron chi connectivity index (χ4n) is 5.48. The molecule has 0 saturated heterocycles. The van der Waals surface area contributed by atoms with Crippen LogP contribution in [0.2, 0.25) is 0 Å². The number of aryl methyl sites for hydroxylation is 2. The number of benzene rings is 3. The minimum absolute atomic E-state index is 0.0685. The number of hydrogen-bond acceptors (Lipinski definition) is 5. The molecular formula is C34H42O6S. The van der Waals surface area contributed by atoms with E-state index in [-0.39, 0.29) is 18.1 Å². The maximum absolute atomic E-state index is 11.3. The average Bonchev–Trinajstić information content (AvgIpc) is 3.19. The summed E-state index contributed by atoms with van der Waals surface area (Å²) in [5.74, 6) is 1.29. The summed E-state index contributed by atoms with van der Waals surface area (Å²) in [6.45, 7) is 12.3. The number of carboxylic acids is 1. The number of aliphatic carboxylic acids is 1. The molecule has 1 unspecified atom stereocenters. The van der Waals surface area contributed by atoms with Crippen LogP contribution >= 0.6 is 0 Å². The molecule has 0 bridgehead atoms. The van der Waals surface area contributed by atoms with Crippen LogP contribution in [0, 0.1) is 13.8 Å². The molecule has 0 amide bonds. The normalized spacial score (nSPS) is 15.8. The predicted octanol–water partition coefficient (Wildman–Crippen LogP) is 7.62. The highest BCUT2D eigenvalue weighted by Crippen LogP contribution is 2.44. The molecule has 220 valence electrons. The lowest BCUT2D eigenvalue weighted by Crippen LogP contribution is -2.08. The molecule has 3 aromatic carbocycles. The third-order valence-electron chi connectivity index (χ3n) is 7.14. The molecule has 0 spiro atoms. The highest BCUT2D eigenvalue weighted by Gasteiger charge is 2.30. The fourth-order valence-corrected chi connectivity index (χ4v) is 6.13. The van der Waals surface area contributed by atoms with Crippen molar-refractivity contribution < 1.29 is 27.8 Å². The van der Waals surface area contributed by atoms with Gasteiger partial charge < -0.3 is 14.6 Å². The molecule has 7 heteroatoms. The van der Waals surface area contributed by atoms with E-state index in [0.29, 0.717) is 25.6 Å². The van der Waals surface area contributed by atoms with Gasteiger partial charge in [0.2, 0.25) is 0 Å². The van der Waals surface area contributed by atoms with Gasteiger partial charge in [-0.1, -0.05) is 37.3 Å². The monoisotopic (exact) mass is 578 g/mol. The number of ether oxygens (including phenoxy) is 2. The van der Waals surface area contributed by atoms with Crippen LogP contribution in [0.3, 0.4) is 0 Å². The summed E-state index contributed by atoms with van der Waals surface area (Å²) in [5, 5.41) is 9.22. The van der Waals surface area contributed by atoms with E-state index < -0.39 is 15.8 Å². The van der Waals surface area contributed by atoms with Gasteiger partial charge in [0.1, 0.15) is 27.9 Å². The van der Waals surface area contributed by atoms with Gasteiger partial charge in [0.05, 0.1) is 18.8 Å². The molecule has 0 radical (unpaired) electrons. The zero-order chi connectivity index (χ0) is 30.2. The first-order valence-electron chi connectivity index (χ1n) is 14.0. The molecule has 0 heterocycles. The van der Waals surface area contributed by atoms with E-state index in [2.05, 4.69) is 45.5 Å². The topological polar surface area (TPSA) is 89.9 Å². The molecule has 3 aromatic rings. The van der Waals surface area contributed by atoms with Crippen LogP contribution < -0.4 is 9.47 Å². The molecule has 1 aliphatic carbocycles. The van der Waals surface area contributed by atoms with E-state index in [0.717, 1.165) is 51.3 Å². The maximum Gasteiger partial charge on any atom is 0.303 e. The van der Waals surface area contributed by atoms with E-state index in [9.17, 15) is 18.3 Å². The van der Waals surface area contributed by atoms with E-state index in [1.54, 1.807) is 6.08 Å². The number of rotatable bonds is 11. The van der Waals surface area contributed by atoms with Crippen molar-refractivity contribution in [1.29, 1.82) is 0 Å². The number of carboxylic acid groups (broad SMARTS) is 1. The quantitative estimate of drug-likeness (QED) is 0.186. The van der Waals surface area contributed by atoms with Crippen LogP contribution in [0.15, 0.2) is 67.3 Å². The van der Waals surface area contributed by atoms with Gasteiger partial charge in [0, 0.05) is 6.26 Å². The Morgan fingerprint density at radius 3 is 2.34 bits per heavy atom. The van der Waals surface area contributed by atoms with Crippen molar-refractivity contribution >= 4 is 15.8 Å². The van der Waals surface area contributed by atoms with Crippen molar-refractivity contribution in [3.63, 3.8) is 0 Å². The predicted molar refractivity (Wildman–Crippen MR) is 166 cm³/mol. The summed E-state index contributed by atoms with van der Waals surface area (Å²) in [5.41, 5.74) is 7.79. The Bertz CT molecular complexity index is 1450. The Labute approximate surface area is 245 Å². The number of fused-ring (bicyclic) bond motifs is 1. The molecule has 1 N–H and O–H groups in total. The first-order chi connectivity index (χ1) is 19.4. The molecule has 0 saturated carbocycles. The molecule has 1 aliphatic rings. The molecule has 0 aromatic heterocycles. The summed E-state index contributed by atoms with van der Waals surface area (Å²) in [7, 11) is -2.99. The average molecular weight is 579 g/mol. The lowest BCUT2D eigenvalue weighted by atomic mass is 9.94. The van der Waals surface area contributed by atoms with Crippen molar-refractivity contribution in [2.24, 2.45) is 0 Å². The van der Waals surface area contributed by atoms with Crippen LogP contribution in [-0.4, -0.2) is 38.1 Å². The van der Waals surface area contributed by atoms with E-state index in [1.807, 2.05) is 43.3 Å². The first-order valence-corrected chi connectivity index (χ1v) is 16.0. The van der Waals surface area contributed by atoms with Crippen LogP contribution in [-0.2, 0) is 21.2 Å². The molecular weight excluding hydrogens is 536 g/mol. The Morgan fingerprint density at radius 1 is 1.02 bits per heavy atom. The molecule has 6 nitrogen and oxygen atoms in total. The van der Waals surface area contributed by atoms with Gasteiger partial charge in [-0.2, -0.15) is 0 Å². The Morgan fingerprint density at radius 2 is 1.71 bits per heavy atom. The van der Waals surface area contributed by atoms with Crippen LogP contribution in [0.5, 0.6) is 11.5 Å². The SMILES string of the molecule is C=CC.Cc1cc(OCCCS(C)(=O)=O)cc(C)c1-c1cccc(COc2ccc3c(c2)[C@H](C)CC3CC(=O)O)c1. The van der Waals surface area contributed by atoms with Gasteiger partial charge in [0.15, 0.2) is 0 Å². The van der Waals surface area contributed by atoms with Gasteiger partial charge in [-0.25, -0.2) is 8.42 Å². The molecule has 0 fully saturated rings. The second-order valence-electron chi connectivity index (χ2n) is 10.9. The standard InChI is InChI=1S/C31H36O6S.C3H6/c1-20-13-25(17-30(32)33)28-10-9-26(18-29(20)28)37-19-23-7-5-8-24(16-23)31-21(2)14-27(15-22(31)3)36-11-6-12-38(4,34)35;1-3-2/h5,7-10,14-16,18,20,25H,6,11-13,17,19H2,1-4H3,(H,32,33);3H,1H2,2H3/t20-,25?;/m1./s1. The minimum atomic E-state index is -2.99. The Balaban J connectivity index is 0.00000147. The van der Waals surface area contributed by atoms with Gasteiger partial charge >= 0.3 is 5.97 Å². The fraction of sp³-hybridized carbons (Fsp3) is 0.382. The maximum atomic E-state index is 11.3. The zero-order valence-electron chi connectivity index (χ0n) is 24.8. The minimum Gasteiger partial charge on any atom is -0.494 e. The third kappa shape index (κ3) is 9.22. The number of sulfone groups is 1. The van der Waals surface area contributed by atoms with Crippen molar-refractivity contribution in [3.05, 3.63) is 95.1 Å². The van der Waals surface area contributed by atoms with Crippen LogP contribution in [0.25, 0.3) is 11.1 Å². The van der Waals surface area contributed by atoms with Gasteiger partial charge in [-0.15, -0.1) is 6.58 Å². The Kier molecular flexibility index (Phi) is 11.2. The summed E-state index contributed by atoms with van der Waals surface area (Å²) >= 11 is 0. The zero-order valence-corrected chi connectivity index (χ0v) is 25.6. The number of carbonyl (C=O) groups is 1. The molecule has 41 heavy (non-hydrogen) atoms. The lowest BCUT2D eigenvalue weighted by Gasteiger charge is -2.15. The van der Waals surface area contributed by atoms with Gasteiger partial charge in [-0.05, 0) is 115 Å². The second-order valence-corrected chi connectivity index (χ2v) is 13.1. The molecule has 4 rings (SSSR count). The van der Waals surface area contributed by atoms with E-state index in [4.69, 9.17) is 9.47 Å². The van der Waals surface area contributed by atoms with Gasteiger partial charge in [0.25, 0.3) is 0 Å². The molecule has 2 atom stereocenters. The highest BCUT2D eigenvalue weighted by atomic mass is 32.2. The van der Waals surface area contributed by atoms with Crippen LogP contribution in [0.1, 0.15) is 72.8 Å². The van der Waals surface area contributed by atoms with Crippen LogP contribution in [0.4, 0.5) is 0 Å². The molecule has 0 aliphatic heterocycles. The van der Waals surface area contributed by atoms with Gasteiger partial charge in [-0.3, -0.25) is 4.79 Å². The van der Waals surface area contributed by atoms with Crippen molar-refractivity contribution in [1.82, 2.24) is 0 Å². The highest BCUT2D eigenvalue weighted by molar-refractivity contribution is 7.90. The smallest absolute Gasteiger partial charge is 0.303 e. The lowest BCUT2D eigenvalue weighted by molar-refractivity contribution is -0.137. The number of allylic oxidation sites excluding steroid dienone is 1. The largest absolute Gasteiger partial charge is 0.494 e. The Hall–Kier alpha value is -3.58. The summed E-state index contributed by atoms with van der Waals surface area (Å²) < 4.78 is 34.6.